The van der Waals surface area contributed by atoms with Crippen LogP contribution in [-0.4, -0.2) is 16.0 Å². The van der Waals surface area contributed by atoms with Gasteiger partial charge in [-0.05, 0) is 75.8 Å². The minimum absolute atomic E-state index is 0.252. The number of carbonyl (C=O) groups is 2. The molecular weight excluding hydrogens is 428 g/mol. The molecular formula is C17H11FINO2S. The van der Waals surface area contributed by atoms with Crippen molar-refractivity contribution >= 4 is 51.6 Å². The number of rotatable bonds is 3. The Labute approximate surface area is 150 Å². The van der Waals surface area contributed by atoms with Crippen LogP contribution >= 0.6 is 34.4 Å². The minimum Gasteiger partial charge on any atom is -0.268 e. The normalized spacial score (nSPS) is 16.4. The Hall–Kier alpha value is -1.67. The molecule has 1 aliphatic rings. The highest BCUT2D eigenvalue weighted by Crippen LogP contribution is 2.33. The van der Waals surface area contributed by atoms with E-state index in [1.807, 2.05) is 24.3 Å². The van der Waals surface area contributed by atoms with Crippen molar-refractivity contribution in [2.75, 3.05) is 0 Å². The molecule has 1 fully saturated rings. The van der Waals surface area contributed by atoms with Crippen molar-refractivity contribution in [1.29, 1.82) is 0 Å². The number of thioether (sulfide) groups is 1. The highest BCUT2D eigenvalue weighted by molar-refractivity contribution is 14.1. The van der Waals surface area contributed by atoms with Gasteiger partial charge in [0.15, 0.2) is 0 Å². The van der Waals surface area contributed by atoms with E-state index in [-0.39, 0.29) is 23.5 Å². The number of benzene rings is 2. The SMILES string of the molecule is O=C1S/C(=C/c2ccc(F)cc2)C(=O)N1Cc1ccc(I)cc1. The van der Waals surface area contributed by atoms with Crippen LogP contribution in [0.25, 0.3) is 6.08 Å². The van der Waals surface area contributed by atoms with Gasteiger partial charge in [-0.3, -0.25) is 14.5 Å². The molecule has 1 heterocycles. The van der Waals surface area contributed by atoms with Crippen LogP contribution in [0.1, 0.15) is 11.1 Å². The second-order valence-corrected chi connectivity index (χ2v) is 7.18. The number of imide groups is 1. The van der Waals surface area contributed by atoms with Gasteiger partial charge in [-0.2, -0.15) is 0 Å². The van der Waals surface area contributed by atoms with Crippen LogP contribution in [0.2, 0.25) is 0 Å². The van der Waals surface area contributed by atoms with Crippen molar-refractivity contribution in [2.24, 2.45) is 0 Å². The lowest BCUT2D eigenvalue weighted by Gasteiger charge is -2.12. The zero-order valence-corrected chi connectivity index (χ0v) is 14.8. The number of hydrogen-bond donors (Lipinski definition) is 0. The maximum absolute atomic E-state index is 12.9. The fourth-order valence-corrected chi connectivity index (χ4v) is 3.32. The van der Waals surface area contributed by atoms with Gasteiger partial charge in [0.2, 0.25) is 0 Å². The van der Waals surface area contributed by atoms with Crippen LogP contribution in [0.5, 0.6) is 0 Å². The second kappa shape index (κ2) is 6.84. The average Bonchev–Trinajstić information content (AvgIpc) is 2.79. The van der Waals surface area contributed by atoms with Gasteiger partial charge in [0, 0.05) is 3.57 Å². The van der Waals surface area contributed by atoms with Crippen molar-refractivity contribution in [3.8, 4) is 0 Å². The van der Waals surface area contributed by atoms with E-state index >= 15 is 0 Å². The van der Waals surface area contributed by atoms with Gasteiger partial charge >= 0.3 is 0 Å². The van der Waals surface area contributed by atoms with Crippen LogP contribution in [0.15, 0.2) is 53.4 Å². The predicted molar refractivity (Wildman–Crippen MR) is 97.1 cm³/mol. The fraction of sp³-hybridized carbons (Fsp3) is 0.0588. The Morgan fingerprint density at radius 1 is 1.04 bits per heavy atom. The molecule has 116 valence electrons. The van der Waals surface area contributed by atoms with Gasteiger partial charge in [0.1, 0.15) is 5.82 Å². The first-order chi connectivity index (χ1) is 11.0. The summed E-state index contributed by atoms with van der Waals surface area (Å²) in [5.41, 5.74) is 1.59. The molecule has 0 unspecified atom stereocenters. The summed E-state index contributed by atoms with van der Waals surface area (Å²) >= 11 is 3.11. The molecule has 6 heteroatoms. The first-order valence-electron chi connectivity index (χ1n) is 6.78. The molecule has 0 aromatic heterocycles. The topological polar surface area (TPSA) is 37.4 Å². The second-order valence-electron chi connectivity index (χ2n) is 4.95. The van der Waals surface area contributed by atoms with E-state index in [4.69, 9.17) is 0 Å². The van der Waals surface area contributed by atoms with Gasteiger partial charge in [-0.15, -0.1) is 0 Å². The zero-order chi connectivity index (χ0) is 16.4. The highest BCUT2D eigenvalue weighted by Gasteiger charge is 2.34. The molecule has 0 bridgehead atoms. The van der Waals surface area contributed by atoms with Crippen LogP contribution in [0, 0.1) is 9.39 Å². The van der Waals surface area contributed by atoms with Crippen LogP contribution in [0.3, 0.4) is 0 Å². The van der Waals surface area contributed by atoms with E-state index in [0.717, 1.165) is 20.9 Å². The predicted octanol–water partition coefficient (Wildman–Crippen LogP) is 4.67. The summed E-state index contributed by atoms with van der Waals surface area (Å²) in [4.78, 5) is 26.1. The number of amides is 2. The Bertz CT molecular complexity index is 787. The molecule has 23 heavy (non-hydrogen) atoms. The lowest BCUT2D eigenvalue weighted by atomic mass is 10.2. The highest BCUT2D eigenvalue weighted by atomic mass is 127. The molecule has 1 aliphatic heterocycles. The number of halogens is 2. The fourth-order valence-electron chi connectivity index (χ4n) is 2.12. The lowest BCUT2D eigenvalue weighted by Crippen LogP contribution is -2.27. The molecule has 0 N–H and O–H groups in total. The summed E-state index contributed by atoms with van der Waals surface area (Å²) in [6.07, 6.45) is 1.61. The first-order valence-corrected chi connectivity index (χ1v) is 8.68. The molecule has 2 aromatic rings. The summed E-state index contributed by atoms with van der Waals surface area (Å²) < 4.78 is 14.0. The Kier molecular flexibility index (Phi) is 4.82. The third kappa shape index (κ3) is 3.81. The van der Waals surface area contributed by atoms with Crippen molar-refractivity contribution in [3.63, 3.8) is 0 Å². The van der Waals surface area contributed by atoms with E-state index in [9.17, 15) is 14.0 Å². The van der Waals surface area contributed by atoms with Gasteiger partial charge in [-0.25, -0.2) is 4.39 Å². The molecule has 3 rings (SSSR count). The zero-order valence-electron chi connectivity index (χ0n) is 11.8. The van der Waals surface area contributed by atoms with Crippen molar-refractivity contribution in [3.05, 3.63) is 74.0 Å². The molecule has 3 nitrogen and oxygen atoms in total. The lowest BCUT2D eigenvalue weighted by molar-refractivity contribution is -0.123. The maximum atomic E-state index is 12.9. The molecule has 0 radical (unpaired) electrons. The third-order valence-corrected chi connectivity index (χ3v) is 4.92. The van der Waals surface area contributed by atoms with Crippen LogP contribution in [0.4, 0.5) is 9.18 Å². The summed E-state index contributed by atoms with van der Waals surface area (Å²) in [6, 6.07) is 13.4. The van der Waals surface area contributed by atoms with E-state index in [2.05, 4.69) is 22.6 Å². The van der Waals surface area contributed by atoms with Crippen molar-refractivity contribution in [1.82, 2.24) is 4.90 Å². The van der Waals surface area contributed by atoms with Gasteiger partial charge < -0.3 is 0 Å². The summed E-state index contributed by atoms with van der Waals surface area (Å²) in [5, 5.41) is -0.290. The Morgan fingerprint density at radius 2 is 1.70 bits per heavy atom. The van der Waals surface area contributed by atoms with E-state index in [1.54, 1.807) is 18.2 Å². The quantitative estimate of drug-likeness (QED) is 0.516. The average molecular weight is 439 g/mol. The molecule has 2 amide bonds. The van der Waals surface area contributed by atoms with E-state index in [1.165, 1.54) is 17.0 Å². The molecule has 0 spiro atoms. The molecule has 1 saturated heterocycles. The maximum Gasteiger partial charge on any atom is 0.293 e. The summed E-state index contributed by atoms with van der Waals surface area (Å²) in [5.74, 6) is -0.656. The van der Waals surface area contributed by atoms with Gasteiger partial charge in [-0.1, -0.05) is 24.3 Å². The monoisotopic (exact) mass is 439 g/mol. The molecule has 0 atom stereocenters. The standard InChI is InChI=1S/C17H11FINO2S/c18-13-5-1-11(2-6-13)9-15-16(21)20(17(22)23-15)10-12-3-7-14(19)8-4-12/h1-9H,10H2/b15-9+. The van der Waals surface area contributed by atoms with Crippen molar-refractivity contribution in [2.45, 2.75) is 6.54 Å². The van der Waals surface area contributed by atoms with Crippen molar-refractivity contribution < 1.29 is 14.0 Å². The van der Waals surface area contributed by atoms with E-state index in [0.29, 0.717) is 10.5 Å². The Morgan fingerprint density at radius 3 is 2.35 bits per heavy atom. The number of nitrogens with zero attached hydrogens (tertiary/aromatic N) is 1. The summed E-state index contributed by atoms with van der Waals surface area (Å²) in [7, 11) is 0. The molecule has 0 aliphatic carbocycles. The number of carbonyl (C=O) groups excluding carboxylic acids is 2. The largest absolute Gasteiger partial charge is 0.293 e. The number of hydrogen-bond acceptors (Lipinski definition) is 3. The van der Waals surface area contributed by atoms with Gasteiger partial charge in [0.05, 0.1) is 11.4 Å². The van der Waals surface area contributed by atoms with Gasteiger partial charge in [0.25, 0.3) is 11.1 Å². The van der Waals surface area contributed by atoms with E-state index < -0.39 is 0 Å². The van der Waals surface area contributed by atoms with Crippen LogP contribution < -0.4 is 0 Å². The Balaban J connectivity index is 1.79. The minimum atomic E-state index is -0.339. The molecule has 0 saturated carbocycles. The van der Waals surface area contributed by atoms with Crippen LogP contribution in [-0.2, 0) is 11.3 Å². The third-order valence-electron chi connectivity index (χ3n) is 3.30. The molecule has 2 aromatic carbocycles. The summed E-state index contributed by atoms with van der Waals surface area (Å²) in [6.45, 7) is 0.252. The first kappa shape index (κ1) is 16.2. The smallest absolute Gasteiger partial charge is 0.268 e.